The van der Waals surface area contributed by atoms with Crippen molar-refractivity contribution in [2.75, 3.05) is 0 Å². The minimum Gasteiger partial charge on any atom is -0.317 e. The molecule has 3 nitrogen and oxygen atoms in total. The van der Waals surface area contributed by atoms with Gasteiger partial charge in [-0.15, -0.1) is 0 Å². The average Bonchev–Trinajstić information content (AvgIpc) is 2.92. The molecule has 0 fully saturated rings. The van der Waals surface area contributed by atoms with E-state index in [-0.39, 0.29) is 22.1 Å². The summed E-state index contributed by atoms with van der Waals surface area (Å²) in [6.45, 7) is 6.38. The fourth-order valence-electron chi connectivity index (χ4n) is 3.80. The largest absolute Gasteiger partial charge is 0.317 e. The Morgan fingerprint density at radius 2 is 1.81 bits per heavy atom. The van der Waals surface area contributed by atoms with Gasteiger partial charge in [-0.3, -0.25) is 9.69 Å². The van der Waals surface area contributed by atoms with Crippen molar-refractivity contribution in [2.45, 2.75) is 37.3 Å². The molecule has 0 bridgehead atoms. The van der Waals surface area contributed by atoms with E-state index in [0.29, 0.717) is 10.6 Å². The standard InChI is InChI=1S/C20H21BrCl2N2O/c1-12-9-13(22)5-6-16(12)20(2,3)25-17(7-8-18(25)21)15-10-14(23)11-24(4)19(15)26/h5-11,17-18H,1-4H3. The van der Waals surface area contributed by atoms with Crippen LogP contribution >= 0.6 is 39.1 Å². The SMILES string of the molecule is Cc1cc(Cl)ccc1C(C)(C)N1C(Br)C=CC1c1cc(Cl)cn(C)c1=O. The van der Waals surface area contributed by atoms with Crippen molar-refractivity contribution in [3.63, 3.8) is 0 Å². The number of alkyl halides is 1. The molecule has 2 heterocycles. The molecule has 0 saturated carbocycles. The molecular weight excluding hydrogens is 435 g/mol. The van der Waals surface area contributed by atoms with Gasteiger partial charge in [-0.05, 0) is 50.1 Å². The zero-order valence-corrected chi connectivity index (χ0v) is 18.2. The second-order valence-electron chi connectivity index (χ2n) is 7.16. The predicted molar refractivity (Wildman–Crippen MR) is 112 cm³/mol. The third kappa shape index (κ3) is 3.40. The van der Waals surface area contributed by atoms with Crippen LogP contribution in [0.5, 0.6) is 0 Å². The normalized spacial score (nSPS) is 20.7. The Hall–Kier alpha value is -1.07. The maximum absolute atomic E-state index is 12.7. The summed E-state index contributed by atoms with van der Waals surface area (Å²) in [7, 11) is 1.72. The Kier molecular flexibility index (Phi) is 5.42. The maximum Gasteiger partial charge on any atom is 0.255 e. The number of halogens is 3. The van der Waals surface area contributed by atoms with Crippen LogP contribution in [0.25, 0.3) is 0 Å². The predicted octanol–water partition coefficient (Wildman–Crippen LogP) is 5.57. The zero-order valence-electron chi connectivity index (χ0n) is 15.1. The summed E-state index contributed by atoms with van der Waals surface area (Å²) < 4.78 is 1.53. The van der Waals surface area contributed by atoms with E-state index >= 15 is 0 Å². The van der Waals surface area contributed by atoms with Crippen LogP contribution in [0.15, 0.2) is 47.4 Å². The highest BCUT2D eigenvalue weighted by molar-refractivity contribution is 9.09. The van der Waals surface area contributed by atoms with E-state index in [1.807, 2.05) is 12.1 Å². The summed E-state index contributed by atoms with van der Waals surface area (Å²) >= 11 is 16.1. The van der Waals surface area contributed by atoms with Crippen LogP contribution in [0.3, 0.4) is 0 Å². The second-order valence-corrected chi connectivity index (χ2v) is 8.97. The highest BCUT2D eigenvalue weighted by Gasteiger charge is 2.41. The van der Waals surface area contributed by atoms with Gasteiger partial charge in [0.15, 0.2) is 0 Å². The topological polar surface area (TPSA) is 25.2 Å². The molecule has 0 radical (unpaired) electrons. The van der Waals surface area contributed by atoms with Gasteiger partial charge in [0.05, 0.1) is 16.0 Å². The molecule has 6 heteroatoms. The third-order valence-electron chi connectivity index (χ3n) is 5.01. The van der Waals surface area contributed by atoms with Crippen molar-refractivity contribution in [1.82, 2.24) is 9.47 Å². The smallest absolute Gasteiger partial charge is 0.255 e. The van der Waals surface area contributed by atoms with Crippen LogP contribution in [0.2, 0.25) is 10.0 Å². The molecule has 2 atom stereocenters. The van der Waals surface area contributed by atoms with Gasteiger partial charge in [-0.1, -0.05) is 57.4 Å². The van der Waals surface area contributed by atoms with Gasteiger partial charge >= 0.3 is 0 Å². The third-order valence-corrected chi connectivity index (χ3v) is 6.20. The van der Waals surface area contributed by atoms with Crippen LogP contribution in [0.1, 0.15) is 36.6 Å². The maximum atomic E-state index is 12.7. The number of hydrogen-bond donors (Lipinski definition) is 0. The number of nitrogens with zero attached hydrogens (tertiary/aromatic N) is 2. The summed E-state index contributed by atoms with van der Waals surface area (Å²) in [5.41, 5.74) is 2.56. The molecule has 138 valence electrons. The summed E-state index contributed by atoms with van der Waals surface area (Å²) in [5.74, 6) is 0. The number of pyridine rings is 1. The molecule has 1 aromatic carbocycles. The van der Waals surface area contributed by atoms with Crippen LogP contribution in [0, 0.1) is 6.92 Å². The number of rotatable bonds is 3. The van der Waals surface area contributed by atoms with E-state index in [9.17, 15) is 4.79 Å². The van der Waals surface area contributed by atoms with Gasteiger partial charge in [0.25, 0.3) is 5.56 Å². The van der Waals surface area contributed by atoms with Crippen LogP contribution in [-0.2, 0) is 12.6 Å². The molecule has 1 aromatic heterocycles. The van der Waals surface area contributed by atoms with Crippen molar-refractivity contribution in [2.24, 2.45) is 7.05 Å². The molecule has 0 aliphatic carbocycles. The van der Waals surface area contributed by atoms with E-state index in [1.54, 1.807) is 19.3 Å². The molecule has 26 heavy (non-hydrogen) atoms. The van der Waals surface area contributed by atoms with Crippen LogP contribution in [-0.4, -0.2) is 14.4 Å². The first-order valence-corrected chi connectivity index (χ1v) is 10.0. The molecule has 0 saturated heterocycles. The molecule has 0 amide bonds. The molecule has 2 aromatic rings. The molecule has 3 rings (SSSR count). The minimum absolute atomic E-state index is 0.00117. The van der Waals surface area contributed by atoms with E-state index in [0.717, 1.165) is 10.6 Å². The summed E-state index contributed by atoms with van der Waals surface area (Å²) in [6.07, 6.45) is 5.76. The number of aryl methyl sites for hydroxylation is 2. The van der Waals surface area contributed by atoms with Gasteiger partial charge in [0.1, 0.15) is 0 Å². The molecule has 1 aliphatic heterocycles. The molecule has 0 N–H and O–H groups in total. The number of aromatic nitrogens is 1. The summed E-state index contributed by atoms with van der Waals surface area (Å²) in [6, 6.07) is 7.52. The van der Waals surface area contributed by atoms with Gasteiger partial charge in [0.2, 0.25) is 0 Å². The average molecular weight is 456 g/mol. The number of hydrogen-bond acceptors (Lipinski definition) is 2. The lowest BCUT2D eigenvalue weighted by Crippen LogP contribution is -2.46. The Balaban J connectivity index is 2.12. The Bertz CT molecular complexity index is 936. The Labute approximate surface area is 172 Å². The molecule has 1 aliphatic rings. The zero-order chi connectivity index (χ0) is 19.2. The minimum atomic E-state index is -0.343. The van der Waals surface area contributed by atoms with Gasteiger partial charge in [-0.2, -0.15) is 0 Å². The first kappa shape index (κ1) is 19.7. The van der Waals surface area contributed by atoms with E-state index in [4.69, 9.17) is 23.2 Å². The van der Waals surface area contributed by atoms with Crippen LogP contribution < -0.4 is 5.56 Å². The quantitative estimate of drug-likeness (QED) is 0.343. The highest BCUT2D eigenvalue weighted by atomic mass is 79.9. The Morgan fingerprint density at radius 1 is 1.12 bits per heavy atom. The van der Waals surface area contributed by atoms with Crippen molar-refractivity contribution in [3.05, 3.63) is 79.7 Å². The summed E-state index contributed by atoms with van der Waals surface area (Å²) in [5, 5.41) is 1.27. The summed E-state index contributed by atoms with van der Waals surface area (Å²) in [4.78, 5) is 15.0. The molecule has 0 spiro atoms. The lowest BCUT2D eigenvalue weighted by molar-refractivity contribution is 0.103. The first-order chi connectivity index (χ1) is 12.1. The van der Waals surface area contributed by atoms with Crippen molar-refractivity contribution in [1.29, 1.82) is 0 Å². The molecule has 2 unspecified atom stereocenters. The van der Waals surface area contributed by atoms with Crippen molar-refractivity contribution >= 4 is 39.1 Å². The Morgan fingerprint density at radius 3 is 2.46 bits per heavy atom. The fraction of sp³-hybridized carbons (Fsp3) is 0.350. The fourth-order valence-corrected chi connectivity index (χ4v) is 5.24. The number of benzene rings is 1. The second kappa shape index (κ2) is 7.16. The lowest BCUT2D eigenvalue weighted by Gasteiger charge is -2.43. The van der Waals surface area contributed by atoms with Crippen molar-refractivity contribution < 1.29 is 0 Å². The van der Waals surface area contributed by atoms with E-state index in [2.05, 4.69) is 59.8 Å². The van der Waals surface area contributed by atoms with Crippen LogP contribution in [0.4, 0.5) is 0 Å². The monoisotopic (exact) mass is 454 g/mol. The van der Waals surface area contributed by atoms with E-state index < -0.39 is 0 Å². The highest BCUT2D eigenvalue weighted by Crippen LogP contribution is 2.44. The molecular formula is C20H21BrCl2N2O. The van der Waals surface area contributed by atoms with Gasteiger partial charge in [-0.25, -0.2) is 0 Å². The van der Waals surface area contributed by atoms with E-state index in [1.165, 1.54) is 10.1 Å². The van der Waals surface area contributed by atoms with Gasteiger partial charge < -0.3 is 4.57 Å². The lowest BCUT2D eigenvalue weighted by atomic mass is 9.87. The van der Waals surface area contributed by atoms with Gasteiger partial charge in [0, 0.05) is 29.4 Å². The van der Waals surface area contributed by atoms with Crippen molar-refractivity contribution in [3.8, 4) is 0 Å². The first-order valence-electron chi connectivity index (χ1n) is 8.36.